The highest BCUT2D eigenvalue weighted by Crippen LogP contribution is 2.17. The molecule has 0 fully saturated rings. The molecule has 0 bridgehead atoms. The molecule has 100 valence electrons. The van der Waals surface area contributed by atoms with Gasteiger partial charge in [-0.3, -0.25) is 9.59 Å². The number of ketones is 2. The van der Waals surface area contributed by atoms with E-state index in [4.69, 9.17) is 0 Å². The van der Waals surface area contributed by atoms with Crippen molar-refractivity contribution in [2.24, 2.45) is 0 Å². The first-order chi connectivity index (χ1) is 9.50. The summed E-state index contributed by atoms with van der Waals surface area (Å²) in [6, 6.07) is 12.5. The quantitative estimate of drug-likeness (QED) is 0.865. The van der Waals surface area contributed by atoms with Crippen molar-refractivity contribution in [2.75, 3.05) is 0 Å². The van der Waals surface area contributed by atoms with Crippen molar-refractivity contribution < 1.29 is 19.5 Å². The second-order valence-electron chi connectivity index (χ2n) is 4.32. The Hall–Kier alpha value is -2.75. The van der Waals surface area contributed by atoms with Crippen LogP contribution in [0.5, 0.6) is 0 Å². The van der Waals surface area contributed by atoms with Gasteiger partial charge in [-0.05, 0) is 19.1 Å². The summed E-state index contributed by atoms with van der Waals surface area (Å²) in [6.07, 6.45) is 0. The van der Waals surface area contributed by atoms with E-state index in [1.54, 1.807) is 30.3 Å². The summed E-state index contributed by atoms with van der Waals surface area (Å²) < 4.78 is 0. The predicted octanol–water partition coefficient (Wildman–Crippen LogP) is 2.82. The summed E-state index contributed by atoms with van der Waals surface area (Å²) in [7, 11) is 0. The van der Waals surface area contributed by atoms with Gasteiger partial charge < -0.3 is 5.11 Å². The first kappa shape index (κ1) is 13.7. The van der Waals surface area contributed by atoms with Crippen LogP contribution in [0.25, 0.3) is 0 Å². The fraction of sp³-hybridized carbons (Fsp3) is 0.0625. The molecule has 4 nitrogen and oxygen atoms in total. The minimum atomic E-state index is -1.23. The van der Waals surface area contributed by atoms with E-state index in [9.17, 15) is 19.5 Å². The number of hydrogen-bond acceptors (Lipinski definition) is 3. The van der Waals surface area contributed by atoms with E-state index in [1.165, 1.54) is 25.1 Å². The highest BCUT2D eigenvalue weighted by atomic mass is 16.4. The molecule has 0 atom stereocenters. The van der Waals surface area contributed by atoms with Crippen LogP contribution in [-0.2, 0) is 0 Å². The van der Waals surface area contributed by atoms with Gasteiger partial charge in [-0.25, -0.2) is 4.79 Å². The molecule has 20 heavy (non-hydrogen) atoms. The maximum absolute atomic E-state index is 12.3. The van der Waals surface area contributed by atoms with Gasteiger partial charge in [-0.2, -0.15) is 0 Å². The zero-order valence-electron chi connectivity index (χ0n) is 10.8. The second-order valence-corrected chi connectivity index (χ2v) is 4.32. The largest absolute Gasteiger partial charge is 0.478 e. The standard InChI is InChI=1S/C16H12O4/c1-10(17)12-7-8-13(14(9-12)16(19)20)15(18)11-5-3-2-4-6-11/h2-9H,1H3,(H,19,20). The lowest BCUT2D eigenvalue weighted by atomic mass is 9.95. The number of aromatic carboxylic acids is 1. The van der Waals surface area contributed by atoms with E-state index in [0.717, 1.165) is 0 Å². The van der Waals surface area contributed by atoms with Crippen molar-refractivity contribution in [1.29, 1.82) is 0 Å². The van der Waals surface area contributed by atoms with Gasteiger partial charge in [0.2, 0.25) is 0 Å². The van der Waals surface area contributed by atoms with Crippen LogP contribution in [0.3, 0.4) is 0 Å². The van der Waals surface area contributed by atoms with E-state index in [0.29, 0.717) is 5.56 Å². The number of benzene rings is 2. The summed E-state index contributed by atoms with van der Waals surface area (Å²) >= 11 is 0. The van der Waals surface area contributed by atoms with E-state index in [2.05, 4.69) is 0 Å². The average Bonchev–Trinajstić information content (AvgIpc) is 2.46. The molecule has 0 amide bonds. The van der Waals surface area contributed by atoms with Gasteiger partial charge in [0.05, 0.1) is 5.56 Å². The third kappa shape index (κ3) is 2.64. The first-order valence-corrected chi connectivity index (χ1v) is 5.98. The smallest absolute Gasteiger partial charge is 0.336 e. The third-order valence-corrected chi connectivity index (χ3v) is 2.94. The monoisotopic (exact) mass is 268 g/mol. The summed E-state index contributed by atoms with van der Waals surface area (Å²) in [5, 5.41) is 9.20. The summed E-state index contributed by atoms with van der Waals surface area (Å²) in [6.45, 7) is 1.35. The van der Waals surface area contributed by atoms with E-state index in [1.807, 2.05) is 0 Å². The molecule has 0 unspecified atom stereocenters. The Labute approximate surface area is 115 Å². The molecule has 2 aromatic rings. The molecule has 0 aromatic heterocycles. The zero-order valence-corrected chi connectivity index (χ0v) is 10.8. The van der Waals surface area contributed by atoms with Gasteiger partial charge in [0.25, 0.3) is 0 Å². The Balaban J connectivity index is 2.54. The van der Waals surface area contributed by atoms with Crippen LogP contribution in [0, 0.1) is 0 Å². The van der Waals surface area contributed by atoms with Gasteiger partial charge in [0.15, 0.2) is 11.6 Å². The van der Waals surface area contributed by atoms with Crippen molar-refractivity contribution >= 4 is 17.5 Å². The third-order valence-electron chi connectivity index (χ3n) is 2.94. The van der Waals surface area contributed by atoms with Crippen LogP contribution < -0.4 is 0 Å². The normalized spacial score (nSPS) is 10.1. The highest BCUT2D eigenvalue weighted by molar-refractivity contribution is 6.15. The Morgan fingerprint density at radius 2 is 1.50 bits per heavy atom. The minimum absolute atomic E-state index is 0.0775. The highest BCUT2D eigenvalue weighted by Gasteiger charge is 2.19. The maximum Gasteiger partial charge on any atom is 0.336 e. The zero-order chi connectivity index (χ0) is 14.7. The topological polar surface area (TPSA) is 71.4 Å². The number of carboxylic acid groups (broad SMARTS) is 1. The second kappa shape index (κ2) is 5.48. The lowest BCUT2D eigenvalue weighted by Crippen LogP contribution is -2.11. The van der Waals surface area contributed by atoms with Crippen molar-refractivity contribution in [3.8, 4) is 0 Å². The Morgan fingerprint density at radius 1 is 0.850 bits per heavy atom. The Bertz CT molecular complexity index is 687. The van der Waals surface area contributed by atoms with Crippen molar-refractivity contribution in [1.82, 2.24) is 0 Å². The van der Waals surface area contributed by atoms with E-state index in [-0.39, 0.29) is 28.3 Å². The fourth-order valence-corrected chi connectivity index (χ4v) is 1.88. The summed E-state index contributed by atoms with van der Waals surface area (Å²) in [4.78, 5) is 34.9. The molecule has 0 spiro atoms. The number of rotatable bonds is 4. The number of hydrogen-bond donors (Lipinski definition) is 1. The van der Waals surface area contributed by atoms with Crippen molar-refractivity contribution in [3.05, 3.63) is 70.8 Å². The summed E-state index contributed by atoms with van der Waals surface area (Å²) in [5.41, 5.74) is 0.595. The molecular formula is C16H12O4. The van der Waals surface area contributed by atoms with Crippen molar-refractivity contribution in [3.63, 3.8) is 0 Å². The van der Waals surface area contributed by atoms with Crippen LogP contribution in [0.15, 0.2) is 48.5 Å². The Morgan fingerprint density at radius 3 is 2.05 bits per heavy atom. The number of carbonyl (C=O) groups excluding carboxylic acids is 2. The number of carboxylic acids is 1. The molecule has 0 aliphatic rings. The lowest BCUT2D eigenvalue weighted by molar-refractivity contribution is 0.0693. The molecule has 2 rings (SSSR count). The van der Waals surface area contributed by atoms with Crippen LogP contribution >= 0.6 is 0 Å². The predicted molar refractivity (Wildman–Crippen MR) is 73.3 cm³/mol. The Kier molecular flexibility index (Phi) is 3.75. The first-order valence-electron chi connectivity index (χ1n) is 5.98. The summed E-state index contributed by atoms with van der Waals surface area (Å²) in [5.74, 6) is -1.85. The molecule has 4 heteroatoms. The molecular weight excluding hydrogens is 256 g/mol. The molecule has 0 heterocycles. The van der Waals surface area contributed by atoms with Gasteiger partial charge >= 0.3 is 5.97 Å². The van der Waals surface area contributed by atoms with Gasteiger partial charge in [-0.15, -0.1) is 0 Å². The maximum atomic E-state index is 12.3. The van der Waals surface area contributed by atoms with Gasteiger partial charge in [0.1, 0.15) is 0 Å². The van der Waals surface area contributed by atoms with Crippen LogP contribution in [0.4, 0.5) is 0 Å². The fourth-order valence-electron chi connectivity index (χ4n) is 1.88. The van der Waals surface area contributed by atoms with E-state index >= 15 is 0 Å². The van der Waals surface area contributed by atoms with Gasteiger partial charge in [-0.1, -0.05) is 36.4 Å². The van der Waals surface area contributed by atoms with Crippen LogP contribution in [-0.4, -0.2) is 22.6 Å². The van der Waals surface area contributed by atoms with Crippen LogP contribution in [0.1, 0.15) is 43.6 Å². The minimum Gasteiger partial charge on any atom is -0.478 e. The number of carbonyl (C=O) groups is 3. The lowest BCUT2D eigenvalue weighted by Gasteiger charge is -2.07. The SMILES string of the molecule is CC(=O)c1ccc(C(=O)c2ccccc2)c(C(=O)O)c1. The molecule has 0 aliphatic carbocycles. The number of Topliss-reactive ketones (excluding diaryl/α,β-unsaturated/α-hetero) is 1. The average molecular weight is 268 g/mol. The molecule has 2 aromatic carbocycles. The molecule has 0 radical (unpaired) electrons. The van der Waals surface area contributed by atoms with Gasteiger partial charge in [0, 0.05) is 16.7 Å². The molecule has 0 saturated heterocycles. The van der Waals surface area contributed by atoms with Crippen molar-refractivity contribution in [2.45, 2.75) is 6.92 Å². The van der Waals surface area contributed by atoms with Crippen LogP contribution in [0.2, 0.25) is 0 Å². The van der Waals surface area contributed by atoms with E-state index < -0.39 is 5.97 Å². The molecule has 0 aliphatic heterocycles. The molecule has 0 saturated carbocycles. The molecule has 1 N–H and O–H groups in total.